The highest BCUT2D eigenvalue weighted by atomic mass is 16.4. The number of para-hydroxylation sites is 2. The minimum absolute atomic E-state index is 0.515. The molecule has 4 rings (SSSR count). The van der Waals surface area contributed by atoms with Gasteiger partial charge in [0.2, 0.25) is 0 Å². The molecule has 0 aliphatic rings. The SMILES string of the molecule is CN(C)CCc1c[nH]c2ccc(Nc3nc4ccccc4o3)cc12. The van der Waals surface area contributed by atoms with Gasteiger partial charge < -0.3 is 19.6 Å². The molecule has 0 atom stereocenters. The lowest BCUT2D eigenvalue weighted by Gasteiger charge is -2.08. The molecule has 2 aromatic carbocycles. The molecule has 4 aromatic rings. The van der Waals surface area contributed by atoms with Crippen LogP contribution in [-0.2, 0) is 6.42 Å². The highest BCUT2D eigenvalue weighted by Gasteiger charge is 2.08. The third-order valence-electron chi connectivity index (χ3n) is 4.14. The molecule has 2 heterocycles. The van der Waals surface area contributed by atoms with Gasteiger partial charge in [-0.15, -0.1) is 0 Å². The Morgan fingerprint density at radius 1 is 1.17 bits per heavy atom. The van der Waals surface area contributed by atoms with Crippen molar-refractivity contribution in [3.05, 3.63) is 54.2 Å². The molecule has 0 spiro atoms. The van der Waals surface area contributed by atoms with Gasteiger partial charge in [0, 0.05) is 29.3 Å². The zero-order valence-corrected chi connectivity index (χ0v) is 13.8. The Kier molecular flexibility index (Phi) is 3.70. The largest absolute Gasteiger partial charge is 0.423 e. The molecule has 0 aliphatic heterocycles. The number of hydrogen-bond donors (Lipinski definition) is 2. The highest BCUT2D eigenvalue weighted by Crippen LogP contribution is 2.26. The highest BCUT2D eigenvalue weighted by molar-refractivity contribution is 5.87. The summed E-state index contributed by atoms with van der Waals surface area (Å²) < 4.78 is 5.74. The fraction of sp³-hybridized carbons (Fsp3) is 0.211. The molecule has 0 unspecified atom stereocenters. The number of nitrogens with one attached hydrogen (secondary N) is 2. The smallest absolute Gasteiger partial charge is 0.300 e. The quantitative estimate of drug-likeness (QED) is 0.580. The molecular formula is C19H20N4O. The van der Waals surface area contributed by atoms with E-state index in [2.05, 4.69) is 52.6 Å². The molecule has 0 aliphatic carbocycles. The van der Waals surface area contributed by atoms with E-state index in [4.69, 9.17) is 4.42 Å². The first-order chi connectivity index (χ1) is 11.7. The lowest BCUT2D eigenvalue weighted by molar-refractivity contribution is 0.414. The Morgan fingerprint density at radius 3 is 2.88 bits per heavy atom. The topological polar surface area (TPSA) is 57.1 Å². The zero-order chi connectivity index (χ0) is 16.5. The molecule has 0 amide bonds. The molecule has 5 heteroatoms. The summed E-state index contributed by atoms with van der Waals surface area (Å²) >= 11 is 0. The van der Waals surface area contributed by atoms with Crippen molar-refractivity contribution in [1.82, 2.24) is 14.9 Å². The minimum atomic E-state index is 0.515. The van der Waals surface area contributed by atoms with Crippen LogP contribution in [0.15, 0.2) is 53.1 Å². The van der Waals surface area contributed by atoms with Crippen molar-refractivity contribution in [2.75, 3.05) is 26.0 Å². The van der Waals surface area contributed by atoms with Crippen molar-refractivity contribution in [1.29, 1.82) is 0 Å². The van der Waals surface area contributed by atoms with Crippen molar-refractivity contribution in [2.24, 2.45) is 0 Å². The van der Waals surface area contributed by atoms with Gasteiger partial charge in [-0.05, 0) is 56.4 Å². The zero-order valence-electron chi connectivity index (χ0n) is 13.8. The Balaban J connectivity index is 1.62. The number of oxazole rings is 1. The van der Waals surface area contributed by atoms with E-state index in [1.807, 2.05) is 30.3 Å². The molecular weight excluding hydrogens is 300 g/mol. The number of aromatic amines is 1. The van der Waals surface area contributed by atoms with Crippen molar-refractivity contribution in [3.8, 4) is 0 Å². The van der Waals surface area contributed by atoms with Gasteiger partial charge >= 0.3 is 0 Å². The van der Waals surface area contributed by atoms with E-state index >= 15 is 0 Å². The maximum atomic E-state index is 5.74. The first-order valence-corrected chi connectivity index (χ1v) is 8.06. The van der Waals surface area contributed by atoms with E-state index < -0.39 is 0 Å². The van der Waals surface area contributed by atoms with Crippen molar-refractivity contribution in [2.45, 2.75) is 6.42 Å². The number of benzene rings is 2. The second kappa shape index (κ2) is 6.02. The van der Waals surface area contributed by atoms with Crippen LogP contribution >= 0.6 is 0 Å². The molecule has 0 saturated carbocycles. The van der Waals surface area contributed by atoms with Gasteiger partial charge in [0.15, 0.2) is 5.58 Å². The Bertz CT molecular complexity index is 950. The van der Waals surface area contributed by atoms with E-state index in [0.717, 1.165) is 35.3 Å². The maximum absolute atomic E-state index is 5.74. The summed E-state index contributed by atoms with van der Waals surface area (Å²) in [5, 5.41) is 4.50. The van der Waals surface area contributed by atoms with Crippen LogP contribution in [0.5, 0.6) is 0 Å². The number of fused-ring (bicyclic) bond motifs is 2. The summed E-state index contributed by atoms with van der Waals surface area (Å²) in [5.41, 5.74) is 5.08. The first kappa shape index (κ1) is 14.8. The fourth-order valence-corrected chi connectivity index (χ4v) is 2.86. The summed E-state index contributed by atoms with van der Waals surface area (Å²) in [6.07, 6.45) is 3.11. The Labute approximate surface area is 140 Å². The Hall–Kier alpha value is -2.79. The number of hydrogen-bond acceptors (Lipinski definition) is 4. The van der Waals surface area contributed by atoms with Gasteiger partial charge in [0.25, 0.3) is 6.01 Å². The Morgan fingerprint density at radius 2 is 2.04 bits per heavy atom. The van der Waals surface area contributed by atoms with Crippen molar-refractivity contribution >= 4 is 33.7 Å². The van der Waals surface area contributed by atoms with Crippen LogP contribution in [0.1, 0.15) is 5.56 Å². The standard InChI is InChI=1S/C19H20N4O/c1-23(2)10-9-13-12-20-16-8-7-14(11-15(13)16)21-19-22-17-5-3-4-6-18(17)24-19/h3-8,11-12,20H,9-10H2,1-2H3,(H,21,22). The molecule has 0 saturated heterocycles. The number of rotatable bonds is 5. The van der Waals surface area contributed by atoms with Gasteiger partial charge in [-0.2, -0.15) is 4.98 Å². The van der Waals surface area contributed by atoms with Crippen LogP contribution in [0.25, 0.3) is 22.0 Å². The molecule has 0 fully saturated rings. The van der Waals surface area contributed by atoms with Crippen LogP contribution in [0, 0.1) is 0 Å². The minimum Gasteiger partial charge on any atom is -0.423 e. The van der Waals surface area contributed by atoms with Gasteiger partial charge in [-0.1, -0.05) is 12.1 Å². The fourth-order valence-electron chi connectivity index (χ4n) is 2.86. The molecule has 0 bridgehead atoms. The normalized spacial score (nSPS) is 11.6. The second-order valence-electron chi connectivity index (χ2n) is 6.24. The summed E-state index contributed by atoms with van der Waals surface area (Å²) in [5.74, 6) is 0. The number of aromatic nitrogens is 2. The van der Waals surface area contributed by atoms with Crippen LogP contribution in [0.2, 0.25) is 0 Å². The monoisotopic (exact) mass is 320 g/mol. The molecule has 0 radical (unpaired) electrons. The number of anilines is 2. The average Bonchev–Trinajstić information content (AvgIpc) is 3.15. The van der Waals surface area contributed by atoms with Crippen LogP contribution < -0.4 is 5.32 Å². The van der Waals surface area contributed by atoms with Crippen molar-refractivity contribution < 1.29 is 4.42 Å². The van der Waals surface area contributed by atoms with Crippen LogP contribution in [0.4, 0.5) is 11.7 Å². The third-order valence-corrected chi connectivity index (χ3v) is 4.14. The van der Waals surface area contributed by atoms with Crippen molar-refractivity contribution in [3.63, 3.8) is 0 Å². The lowest BCUT2D eigenvalue weighted by Crippen LogP contribution is -2.14. The van der Waals surface area contributed by atoms with E-state index in [1.54, 1.807) is 0 Å². The van der Waals surface area contributed by atoms with Crippen LogP contribution in [0.3, 0.4) is 0 Å². The van der Waals surface area contributed by atoms with Crippen LogP contribution in [-0.4, -0.2) is 35.5 Å². The van der Waals surface area contributed by atoms with Gasteiger partial charge in [-0.3, -0.25) is 0 Å². The second-order valence-corrected chi connectivity index (χ2v) is 6.24. The summed E-state index contributed by atoms with van der Waals surface area (Å²) in [7, 11) is 4.18. The first-order valence-electron chi connectivity index (χ1n) is 8.06. The molecule has 24 heavy (non-hydrogen) atoms. The molecule has 2 aromatic heterocycles. The van der Waals surface area contributed by atoms with E-state index in [0.29, 0.717) is 6.01 Å². The predicted octanol–water partition coefficient (Wildman–Crippen LogP) is 4.16. The lowest BCUT2D eigenvalue weighted by atomic mass is 10.1. The van der Waals surface area contributed by atoms with E-state index in [1.165, 1.54) is 10.9 Å². The van der Waals surface area contributed by atoms with Gasteiger partial charge in [-0.25, -0.2) is 0 Å². The molecule has 122 valence electrons. The number of likely N-dealkylation sites (N-methyl/N-ethyl adjacent to an activating group) is 1. The van der Waals surface area contributed by atoms with E-state index in [9.17, 15) is 0 Å². The molecule has 2 N–H and O–H groups in total. The van der Waals surface area contributed by atoms with Gasteiger partial charge in [0.05, 0.1) is 0 Å². The average molecular weight is 320 g/mol. The summed E-state index contributed by atoms with van der Waals surface area (Å²) in [6.45, 7) is 1.02. The van der Waals surface area contributed by atoms with E-state index in [-0.39, 0.29) is 0 Å². The maximum Gasteiger partial charge on any atom is 0.300 e. The predicted molar refractivity (Wildman–Crippen MR) is 97.8 cm³/mol. The number of nitrogens with zero attached hydrogens (tertiary/aromatic N) is 2. The summed E-state index contributed by atoms with van der Waals surface area (Å²) in [6, 6.07) is 14.5. The molecule has 5 nitrogen and oxygen atoms in total. The summed E-state index contributed by atoms with van der Waals surface area (Å²) in [4.78, 5) is 10.00. The number of H-pyrrole nitrogens is 1. The third kappa shape index (κ3) is 2.86. The van der Waals surface area contributed by atoms with Gasteiger partial charge in [0.1, 0.15) is 5.52 Å².